The minimum absolute atomic E-state index is 0.454. The van der Waals surface area contributed by atoms with Crippen molar-refractivity contribution in [1.29, 1.82) is 0 Å². The summed E-state index contributed by atoms with van der Waals surface area (Å²) in [5, 5.41) is 0. The summed E-state index contributed by atoms with van der Waals surface area (Å²) in [6.07, 6.45) is 8.68. The SMILES string of the molecule is CC1(C)CC[C@H]2[C@@H]3CCc4cc(OS(C)(=O)=O)ccc4[C@H]3CC[C@@]21C. The first-order valence-corrected chi connectivity index (χ1v) is 11.4. The summed E-state index contributed by atoms with van der Waals surface area (Å²) in [6.45, 7) is 7.48. The van der Waals surface area contributed by atoms with Crippen LogP contribution >= 0.6 is 0 Å². The van der Waals surface area contributed by atoms with Gasteiger partial charge in [0.2, 0.25) is 0 Å². The first-order valence-electron chi connectivity index (χ1n) is 9.63. The van der Waals surface area contributed by atoms with Crippen LogP contribution < -0.4 is 4.18 Å². The summed E-state index contributed by atoms with van der Waals surface area (Å²) in [6, 6.07) is 5.93. The van der Waals surface area contributed by atoms with Crippen LogP contribution in [-0.2, 0) is 16.5 Å². The van der Waals surface area contributed by atoms with Crippen LogP contribution in [0.4, 0.5) is 0 Å². The van der Waals surface area contributed by atoms with Crippen molar-refractivity contribution in [2.45, 2.75) is 65.2 Å². The molecule has 2 fully saturated rings. The minimum Gasteiger partial charge on any atom is -0.383 e. The van der Waals surface area contributed by atoms with E-state index in [0.29, 0.717) is 22.5 Å². The van der Waals surface area contributed by atoms with E-state index >= 15 is 0 Å². The summed E-state index contributed by atoms with van der Waals surface area (Å²) in [5.41, 5.74) is 3.67. The highest BCUT2D eigenvalue weighted by molar-refractivity contribution is 7.86. The normalized spacial score (nSPS) is 36.2. The molecule has 3 aliphatic carbocycles. The minimum atomic E-state index is -3.46. The molecule has 25 heavy (non-hydrogen) atoms. The Morgan fingerprint density at radius 1 is 1.08 bits per heavy atom. The molecular weight excluding hydrogens is 332 g/mol. The van der Waals surface area contributed by atoms with Crippen molar-refractivity contribution in [1.82, 2.24) is 0 Å². The van der Waals surface area contributed by atoms with E-state index in [9.17, 15) is 8.42 Å². The Hall–Kier alpha value is -1.03. The number of benzene rings is 1. The van der Waals surface area contributed by atoms with Gasteiger partial charge in [-0.3, -0.25) is 0 Å². The van der Waals surface area contributed by atoms with Gasteiger partial charge in [0.1, 0.15) is 5.75 Å². The van der Waals surface area contributed by atoms with Gasteiger partial charge in [-0.05, 0) is 90.4 Å². The van der Waals surface area contributed by atoms with Crippen molar-refractivity contribution in [2.24, 2.45) is 22.7 Å². The molecule has 1 aromatic rings. The van der Waals surface area contributed by atoms with Gasteiger partial charge in [-0.1, -0.05) is 26.8 Å². The van der Waals surface area contributed by atoms with Crippen LogP contribution in [0.5, 0.6) is 5.75 Å². The van der Waals surface area contributed by atoms with Gasteiger partial charge in [0, 0.05) is 0 Å². The summed E-state index contributed by atoms with van der Waals surface area (Å²) in [7, 11) is -3.46. The maximum absolute atomic E-state index is 11.4. The number of fused-ring (bicyclic) bond motifs is 5. The Kier molecular flexibility index (Phi) is 3.81. The van der Waals surface area contributed by atoms with Crippen LogP contribution in [-0.4, -0.2) is 14.7 Å². The molecule has 0 saturated heterocycles. The molecule has 4 heteroatoms. The molecule has 0 spiro atoms. The Bertz CT molecular complexity index is 795. The maximum Gasteiger partial charge on any atom is 0.306 e. The lowest BCUT2D eigenvalue weighted by atomic mass is 9.51. The molecule has 3 nitrogen and oxygen atoms in total. The zero-order chi connectivity index (χ0) is 18.0. The lowest BCUT2D eigenvalue weighted by Gasteiger charge is -2.53. The second-order valence-corrected chi connectivity index (χ2v) is 11.0. The number of aryl methyl sites for hydroxylation is 1. The lowest BCUT2D eigenvalue weighted by molar-refractivity contribution is -0.00854. The third-order valence-electron chi connectivity index (χ3n) is 7.96. The van der Waals surface area contributed by atoms with Gasteiger partial charge in [-0.25, -0.2) is 0 Å². The molecule has 1 aromatic carbocycles. The molecule has 138 valence electrons. The van der Waals surface area contributed by atoms with E-state index in [-0.39, 0.29) is 0 Å². The third kappa shape index (κ3) is 2.72. The molecule has 0 aromatic heterocycles. The highest BCUT2D eigenvalue weighted by Gasteiger charge is 2.57. The highest BCUT2D eigenvalue weighted by Crippen LogP contribution is 2.67. The third-order valence-corrected chi connectivity index (χ3v) is 8.46. The van der Waals surface area contributed by atoms with E-state index in [1.807, 2.05) is 12.1 Å². The monoisotopic (exact) mass is 362 g/mol. The van der Waals surface area contributed by atoms with E-state index in [0.717, 1.165) is 24.5 Å². The van der Waals surface area contributed by atoms with Crippen LogP contribution in [0.15, 0.2) is 18.2 Å². The standard InChI is InChI=1S/C21H30O3S/c1-20(2)11-10-19-18-7-5-14-13-15(24-25(4,22)23)6-8-16(14)17(18)9-12-21(19,20)3/h6,8,13,17-19H,5,7,9-12H2,1-4H3/t17-,18-,19+,21+/m1/s1. The van der Waals surface area contributed by atoms with Crippen molar-refractivity contribution in [3.05, 3.63) is 29.3 Å². The van der Waals surface area contributed by atoms with Gasteiger partial charge in [-0.2, -0.15) is 8.42 Å². The topological polar surface area (TPSA) is 43.4 Å². The van der Waals surface area contributed by atoms with E-state index in [4.69, 9.17) is 4.18 Å². The molecule has 0 radical (unpaired) electrons. The van der Waals surface area contributed by atoms with Crippen LogP contribution in [0.3, 0.4) is 0 Å². The van der Waals surface area contributed by atoms with Crippen LogP contribution in [0.25, 0.3) is 0 Å². The molecular formula is C21H30O3S. The van der Waals surface area contributed by atoms with Crippen molar-refractivity contribution >= 4 is 10.1 Å². The van der Waals surface area contributed by atoms with Gasteiger partial charge in [-0.15, -0.1) is 0 Å². The van der Waals surface area contributed by atoms with E-state index < -0.39 is 10.1 Å². The van der Waals surface area contributed by atoms with Crippen LogP contribution in [0, 0.1) is 22.7 Å². The Balaban J connectivity index is 1.64. The van der Waals surface area contributed by atoms with Gasteiger partial charge in [0.05, 0.1) is 6.26 Å². The second kappa shape index (κ2) is 5.48. The molecule has 3 aliphatic rings. The lowest BCUT2D eigenvalue weighted by Crippen LogP contribution is -2.45. The van der Waals surface area contributed by atoms with Crippen molar-refractivity contribution < 1.29 is 12.6 Å². The molecule has 0 unspecified atom stereocenters. The summed E-state index contributed by atoms with van der Waals surface area (Å²) >= 11 is 0. The van der Waals surface area contributed by atoms with Gasteiger partial charge in [0.15, 0.2) is 0 Å². The fourth-order valence-electron chi connectivity index (χ4n) is 6.28. The molecule has 0 N–H and O–H groups in total. The predicted octanol–water partition coefficient (Wildman–Crippen LogP) is 4.91. The summed E-state index contributed by atoms with van der Waals surface area (Å²) < 4.78 is 27.9. The number of hydrogen-bond acceptors (Lipinski definition) is 3. The number of rotatable bonds is 2. The molecule has 0 aliphatic heterocycles. The highest BCUT2D eigenvalue weighted by atomic mass is 32.2. The van der Waals surface area contributed by atoms with Crippen molar-refractivity contribution in [3.63, 3.8) is 0 Å². The zero-order valence-electron chi connectivity index (χ0n) is 15.8. The Labute approximate surface area is 152 Å². The molecule has 0 bridgehead atoms. The molecule has 4 rings (SSSR count). The van der Waals surface area contributed by atoms with Crippen molar-refractivity contribution in [2.75, 3.05) is 6.26 Å². The van der Waals surface area contributed by atoms with E-state index in [2.05, 4.69) is 26.8 Å². The molecule has 4 atom stereocenters. The Morgan fingerprint density at radius 2 is 1.84 bits per heavy atom. The van der Waals surface area contributed by atoms with E-state index in [1.165, 1.54) is 43.2 Å². The molecule has 0 heterocycles. The van der Waals surface area contributed by atoms with Crippen LogP contribution in [0.2, 0.25) is 0 Å². The Morgan fingerprint density at radius 3 is 2.56 bits per heavy atom. The fraction of sp³-hybridized carbons (Fsp3) is 0.714. The average molecular weight is 363 g/mol. The van der Waals surface area contributed by atoms with E-state index in [1.54, 1.807) is 0 Å². The summed E-state index contributed by atoms with van der Waals surface area (Å²) in [5.74, 6) is 2.72. The predicted molar refractivity (Wildman–Crippen MR) is 100 cm³/mol. The average Bonchev–Trinajstić information content (AvgIpc) is 2.75. The molecule has 2 saturated carbocycles. The van der Waals surface area contributed by atoms with Crippen molar-refractivity contribution in [3.8, 4) is 5.75 Å². The summed E-state index contributed by atoms with van der Waals surface area (Å²) in [4.78, 5) is 0. The van der Waals surface area contributed by atoms with Gasteiger partial charge in [0.25, 0.3) is 0 Å². The zero-order valence-corrected chi connectivity index (χ0v) is 16.7. The smallest absolute Gasteiger partial charge is 0.306 e. The fourth-order valence-corrected chi connectivity index (χ4v) is 6.73. The first kappa shape index (κ1) is 17.4. The molecule has 0 amide bonds. The first-order chi connectivity index (χ1) is 11.6. The second-order valence-electron chi connectivity index (χ2n) is 9.44. The van der Waals surface area contributed by atoms with Gasteiger partial charge >= 0.3 is 10.1 Å². The number of hydrogen-bond donors (Lipinski definition) is 0. The maximum atomic E-state index is 11.4. The largest absolute Gasteiger partial charge is 0.383 e. The van der Waals surface area contributed by atoms with Crippen LogP contribution in [0.1, 0.15) is 69.9 Å². The van der Waals surface area contributed by atoms with Gasteiger partial charge < -0.3 is 4.18 Å². The quantitative estimate of drug-likeness (QED) is 0.702.